The molecule has 0 heterocycles. The lowest BCUT2D eigenvalue weighted by molar-refractivity contribution is 0.410. The van der Waals surface area contributed by atoms with Crippen LogP contribution in [0.3, 0.4) is 0 Å². The maximum absolute atomic E-state index is 5.92. The molecule has 0 atom stereocenters. The van der Waals surface area contributed by atoms with Crippen molar-refractivity contribution in [3.05, 3.63) is 28.8 Å². The highest BCUT2D eigenvalue weighted by molar-refractivity contribution is 6.30. The number of guanidine groups is 1. The van der Waals surface area contributed by atoms with Gasteiger partial charge in [-0.15, -0.1) is 0 Å². The number of hydrogen-bond acceptors (Lipinski definition) is 2. The molecule has 0 amide bonds. The number of unbranched alkanes of at least 4 members (excludes halogenated alkanes) is 3. The quantitative estimate of drug-likeness (QED) is 0.439. The van der Waals surface area contributed by atoms with Crippen molar-refractivity contribution >= 4 is 17.6 Å². The molecule has 4 nitrogen and oxygen atoms in total. The van der Waals surface area contributed by atoms with Crippen LogP contribution in [0, 0.1) is 0 Å². The number of halogens is 1. The van der Waals surface area contributed by atoms with E-state index in [1.807, 2.05) is 12.1 Å². The monoisotopic (exact) mass is 297 g/mol. The summed E-state index contributed by atoms with van der Waals surface area (Å²) in [4.78, 5) is 4.31. The molecule has 0 aliphatic carbocycles. The normalized spacial score (nSPS) is 11.4. The molecule has 1 aromatic carbocycles. The summed E-state index contributed by atoms with van der Waals surface area (Å²) in [6, 6.07) is 5.50. The Bertz CT molecular complexity index is 435. The number of rotatable bonds is 8. The Labute approximate surface area is 126 Å². The van der Waals surface area contributed by atoms with Crippen LogP contribution < -0.4 is 15.8 Å². The zero-order valence-corrected chi connectivity index (χ0v) is 13.0. The number of nitrogens with two attached hydrogens (primary N) is 1. The molecule has 112 valence electrons. The van der Waals surface area contributed by atoms with Gasteiger partial charge in [0.15, 0.2) is 5.96 Å². The van der Waals surface area contributed by atoms with Gasteiger partial charge in [0.25, 0.3) is 0 Å². The largest absolute Gasteiger partial charge is 0.496 e. The summed E-state index contributed by atoms with van der Waals surface area (Å²) in [6.45, 7) is 3.55. The minimum absolute atomic E-state index is 0.471. The molecule has 0 bridgehead atoms. The molecular formula is C15H24ClN3O. The van der Waals surface area contributed by atoms with Crippen LogP contribution in [0.25, 0.3) is 0 Å². The first kappa shape index (κ1) is 16.6. The third kappa shape index (κ3) is 6.15. The SMILES string of the molecule is CCCCCCNC(N)=NCc1ccc(Cl)cc1OC. The van der Waals surface area contributed by atoms with Crippen molar-refractivity contribution in [2.24, 2.45) is 10.7 Å². The van der Waals surface area contributed by atoms with Crippen molar-refractivity contribution in [3.8, 4) is 5.75 Å². The molecule has 0 unspecified atom stereocenters. The van der Waals surface area contributed by atoms with Gasteiger partial charge in [0, 0.05) is 17.1 Å². The van der Waals surface area contributed by atoms with E-state index in [0.717, 1.165) is 24.3 Å². The van der Waals surface area contributed by atoms with Crippen molar-refractivity contribution in [3.63, 3.8) is 0 Å². The molecule has 0 radical (unpaired) electrons. The van der Waals surface area contributed by atoms with Gasteiger partial charge in [0.2, 0.25) is 0 Å². The lowest BCUT2D eigenvalue weighted by atomic mass is 10.2. The number of benzene rings is 1. The Hall–Kier alpha value is -1.42. The van der Waals surface area contributed by atoms with Crippen molar-refractivity contribution in [2.45, 2.75) is 39.2 Å². The number of nitrogens with one attached hydrogen (secondary N) is 1. The molecular weight excluding hydrogens is 274 g/mol. The summed E-state index contributed by atoms with van der Waals surface area (Å²) in [5, 5.41) is 3.77. The molecule has 0 saturated heterocycles. The molecule has 0 saturated carbocycles. The van der Waals surface area contributed by atoms with Crippen molar-refractivity contribution in [1.29, 1.82) is 0 Å². The fraction of sp³-hybridized carbons (Fsp3) is 0.533. The highest BCUT2D eigenvalue weighted by Crippen LogP contribution is 2.23. The van der Waals surface area contributed by atoms with Crippen LogP contribution in [0.15, 0.2) is 23.2 Å². The van der Waals surface area contributed by atoms with E-state index in [9.17, 15) is 0 Å². The molecule has 0 fully saturated rings. The fourth-order valence-electron chi connectivity index (χ4n) is 1.84. The van der Waals surface area contributed by atoms with Crippen LogP contribution in [0.2, 0.25) is 5.02 Å². The van der Waals surface area contributed by atoms with E-state index in [4.69, 9.17) is 22.1 Å². The van der Waals surface area contributed by atoms with Gasteiger partial charge >= 0.3 is 0 Å². The van der Waals surface area contributed by atoms with Crippen LogP contribution in [0.4, 0.5) is 0 Å². The second-order valence-electron chi connectivity index (χ2n) is 4.65. The summed E-state index contributed by atoms with van der Waals surface area (Å²) in [6.07, 6.45) is 4.84. The Balaban J connectivity index is 2.42. The third-order valence-corrected chi connectivity index (χ3v) is 3.24. The first-order valence-electron chi connectivity index (χ1n) is 7.03. The number of nitrogens with zero attached hydrogens (tertiary/aromatic N) is 1. The zero-order chi connectivity index (χ0) is 14.8. The highest BCUT2D eigenvalue weighted by Gasteiger charge is 2.03. The van der Waals surface area contributed by atoms with E-state index in [1.165, 1.54) is 19.3 Å². The smallest absolute Gasteiger partial charge is 0.188 e. The van der Waals surface area contributed by atoms with Crippen LogP contribution >= 0.6 is 11.6 Å². The van der Waals surface area contributed by atoms with Crippen molar-refractivity contribution < 1.29 is 4.74 Å². The minimum atomic E-state index is 0.471. The number of methoxy groups -OCH3 is 1. The van der Waals surface area contributed by atoms with Crippen LogP contribution in [0.1, 0.15) is 38.2 Å². The lowest BCUT2D eigenvalue weighted by Gasteiger charge is -2.08. The molecule has 5 heteroatoms. The summed E-state index contributed by atoms with van der Waals surface area (Å²) >= 11 is 5.92. The van der Waals surface area contributed by atoms with Gasteiger partial charge in [0.1, 0.15) is 5.75 Å². The van der Waals surface area contributed by atoms with E-state index >= 15 is 0 Å². The highest BCUT2D eigenvalue weighted by atomic mass is 35.5. The number of hydrogen-bond donors (Lipinski definition) is 2. The predicted molar refractivity (Wildman–Crippen MR) is 85.5 cm³/mol. The Kier molecular flexibility index (Phi) is 7.88. The van der Waals surface area contributed by atoms with Crippen molar-refractivity contribution in [1.82, 2.24) is 5.32 Å². The van der Waals surface area contributed by atoms with E-state index in [0.29, 0.717) is 17.5 Å². The van der Waals surface area contributed by atoms with Crippen LogP contribution in [-0.4, -0.2) is 19.6 Å². The van der Waals surface area contributed by atoms with Gasteiger partial charge in [0.05, 0.1) is 13.7 Å². The second kappa shape index (κ2) is 9.48. The average molecular weight is 298 g/mol. The van der Waals surface area contributed by atoms with E-state index < -0.39 is 0 Å². The van der Waals surface area contributed by atoms with Gasteiger partial charge in [-0.2, -0.15) is 0 Å². The molecule has 1 aromatic rings. The van der Waals surface area contributed by atoms with E-state index in [1.54, 1.807) is 13.2 Å². The molecule has 20 heavy (non-hydrogen) atoms. The van der Waals surface area contributed by atoms with Crippen molar-refractivity contribution in [2.75, 3.05) is 13.7 Å². The van der Waals surface area contributed by atoms with Gasteiger partial charge in [-0.3, -0.25) is 0 Å². The van der Waals surface area contributed by atoms with Gasteiger partial charge < -0.3 is 15.8 Å². The summed E-state index contributed by atoms with van der Waals surface area (Å²) in [5.74, 6) is 1.20. The minimum Gasteiger partial charge on any atom is -0.496 e. The second-order valence-corrected chi connectivity index (χ2v) is 5.08. The molecule has 1 rings (SSSR count). The van der Waals surface area contributed by atoms with Gasteiger partial charge in [-0.1, -0.05) is 43.9 Å². The van der Waals surface area contributed by atoms with Crippen LogP contribution in [-0.2, 0) is 6.54 Å². The third-order valence-electron chi connectivity index (χ3n) is 3.01. The topological polar surface area (TPSA) is 59.6 Å². The molecule has 0 aromatic heterocycles. The molecule has 3 N–H and O–H groups in total. The average Bonchev–Trinajstić information content (AvgIpc) is 2.45. The maximum Gasteiger partial charge on any atom is 0.188 e. The van der Waals surface area contributed by atoms with Crippen LogP contribution in [0.5, 0.6) is 5.75 Å². The summed E-state index contributed by atoms with van der Waals surface area (Å²) in [7, 11) is 1.62. The molecule has 0 aliphatic rings. The number of aliphatic imine (C=N–C) groups is 1. The van der Waals surface area contributed by atoms with E-state index in [2.05, 4.69) is 17.2 Å². The first-order chi connectivity index (χ1) is 9.67. The summed E-state index contributed by atoms with van der Waals surface area (Å²) < 4.78 is 5.27. The Morgan fingerprint density at radius 2 is 2.15 bits per heavy atom. The summed E-state index contributed by atoms with van der Waals surface area (Å²) in [5.41, 5.74) is 6.80. The Morgan fingerprint density at radius 1 is 1.35 bits per heavy atom. The predicted octanol–water partition coefficient (Wildman–Crippen LogP) is 3.33. The Morgan fingerprint density at radius 3 is 2.85 bits per heavy atom. The standard InChI is InChI=1S/C15H24ClN3O/c1-3-4-5-6-9-18-15(17)19-11-12-7-8-13(16)10-14(12)20-2/h7-8,10H,3-6,9,11H2,1-2H3,(H3,17,18,19). The van der Waals surface area contributed by atoms with Gasteiger partial charge in [-0.05, 0) is 18.6 Å². The lowest BCUT2D eigenvalue weighted by Crippen LogP contribution is -2.32. The van der Waals surface area contributed by atoms with E-state index in [-0.39, 0.29) is 0 Å². The molecule has 0 spiro atoms. The fourth-order valence-corrected chi connectivity index (χ4v) is 2.01. The van der Waals surface area contributed by atoms with Gasteiger partial charge in [-0.25, -0.2) is 4.99 Å². The first-order valence-corrected chi connectivity index (χ1v) is 7.41. The number of ether oxygens (including phenoxy) is 1. The zero-order valence-electron chi connectivity index (χ0n) is 12.3. The maximum atomic E-state index is 5.92. The molecule has 0 aliphatic heterocycles.